The summed E-state index contributed by atoms with van der Waals surface area (Å²) in [4.78, 5) is 1.98. The van der Waals surface area contributed by atoms with Gasteiger partial charge in [-0.1, -0.05) is 72.8 Å². The van der Waals surface area contributed by atoms with Crippen LogP contribution >= 0.6 is 0 Å². The molecule has 0 heterocycles. The molecule has 0 spiro atoms. The highest BCUT2D eigenvalue weighted by molar-refractivity contribution is 5.55. The van der Waals surface area contributed by atoms with Crippen molar-refractivity contribution in [2.75, 3.05) is 4.90 Å². The van der Waals surface area contributed by atoms with E-state index in [4.69, 9.17) is 0 Å². The molecule has 0 saturated carbocycles. The van der Waals surface area contributed by atoms with Crippen LogP contribution < -0.4 is 4.90 Å². The van der Waals surface area contributed by atoms with Crippen LogP contribution in [0, 0.1) is 5.82 Å². The molecule has 3 heteroatoms. The van der Waals surface area contributed by atoms with Crippen molar-refractivity contribution in [2.24, 2.45) is 0 Å². The third-order valence-corrected chi connectivity index (χ3v) is 3.99. The zero-order valence-corrected chi connectivity index (χ0v) is 13.4. The summed E-state index contributed by atoms with van der Waals surface area (Å²) in [6.45, 7) is 0.959. The molecule has 0 radical (unpaired) electrons. The molecule has 0 atom stereocenters. The first kappa shape index (κ1) is 16.2. The quantitative estimate of drug-likeness (QED) is 0.721. The van der Waals surface area contributed by atoms with Gasteiger partial charge >= 0.3 is 0 Å². The molecular formula is C21H20FNO. The summed E-state index contributed by atoms with van der Waals surface area (Å²) in [5.74, 6) is -0.312. The Balaban J connectivity index is 1.98. The Bertz CT molecular complexity index is 733. The molecule has 0 aromatic heterocycles. The van der Waals surface area contributed by atoms with Crippen LogP contribution in [0.5, 0.6) is 0 Å². The molecule has 0 amide bonds. The van der Waals surface area contributed by atoms with Gasteiger partial charge in [-0.15, -0.1) is 0 Å². The van der Waals surface area contributed by atoms with E-state index in [1.807, 2.05) is 65.6 Å². The maximum atomic E-state index is 14.5. The van der Waals surface area contributed by atoms with E-state index in [9.17, 15) is 9.50 Å². The number of aliphatic hydroxyl groups excluding tert-OH is 1. The summed E-state index contributed by atoms with van der Waals surface area (Å²) in [6.07, 6.45) is 0. The van der Waals surface area contributed by atoms with Gasteiger partial charge in [0, 0.05) is 18.7 Å². The van der Waals surface area contributed by atoms with Crippen LogP contribution in [0.15, 0.2) is 78.9 Å². The van der Waals surface area contributed by atoms with Crippen LogP contribution in [0.25, 0.3) is 0 Å². The van der Waals surface area contributed by atoms with Gasteiger partial charge in [-0.3, -0.25) is 0 Å². The number of anilines is 1. The van der Waals surface area contributed by atoms with E-state index in [2.05, 4.69) is 0 Å². The number of nitrogens with zero attached hydrogens (tertiary/aromatic N) is 1. The van der Waals surface area contributed by atoms with Crippen molar-refractivity contribution in [2.45, 2.75) is 19.7 Å². The highest BCUT2D eigenvalue weighted by atomic mass is 19.1. The molecule has 0 fully saturated rings. The van der Waals surface area contributed by atoms with Gasteiger partial charge in [0.1, 0.15) is 5.82 Å². The molecule has 122 valence electrons. The molecule has 0 aliphatic rings. The summed E-state index contributed by atoms with van der Waals surface area (Å²) in [5, 5.41) is 9.63. The number of halogens is 1. The normalized spacial score (nSPS) is 10.6. The maximum Gasteiger partial charge on any atom is 0.146 e. The Morgan fingerprint density at radius 3 is 1.75 bits per heavy atom. The highest BCUT2D eigenvalue weighted by Crippen LogP contribution is 2.28. The molecule has 0 aliphatic heterocycles. The fourth-order valence-corrected chi connectivity index (χ4v) is 2.86. The Kier molecular flexibility index (Phi) is 5.24. The first-order valence-corrected chi connectivity index (χ1v) is 7.99. The highest BCUT2D eigenvalue weighted by Gasteiger charge is 2.16. The fraction of sp³-hybridized carbons (Fsp3) is 0.143. The number of aliphatic hydroxyl groups is 1. The predicted octanol–water partition coefficient (Wildman–Crippen LogP) is 4.52. The van der Waals surface area contributed by atoms with Gasteiger partial charge in [0.2, 0.25) is 0 Å². The molecule has 1 N–H and O–H groups in total. The summed E-state index contributed by atoms with van der Waals surface area (Å²) < 4.78 is 14.5. The maximum absolute atomic E-state index is 14.5. The number of para-hydroxylation sites is 1. The second-order valence-corrected chi connectivity index (χ2v) is 5.73. The van der Waals surface area contributed by atoms with Crippen LogP contribution in [-0.4, -0.2) is 5.11 Å². The molecule has 0 bridgehead atoms. The van der Waals surface area contributed by atoms with Crippen LogP contribution in [0.2, 0.25) is 0 Å². The lowest BCUT2D eigenvalue weighted by Gasteiger charge is -2.27. The molecule has 2 nitrogen and oxygen atoms in total. The van der Waals surface area contributed by atoms with Gasteiger partial charge < -0.3 is 10.0 Å². The summed E-state index contributed by atoms with van der Waals surface area (Å²) in [7, 11) is 0. The average molecular weight is 321 g/mol. The molecule has 0 aliphatic carbocycles. The van der Waals surface area contributed by atoms with Crippen molar-refractivity contribution < 1.29 is 9.50 Å². The molecule has 3 aromatic carbocycles. The zero-order chi connectivity index (χ0) is 16.8. The Morgan fingerprint density at radius 1 is 0.708 bits per heavy atom. The monoisotopic (exact) mass is 321 g/mol. The topological polar surface area (TPSA) is 23.5 Å². The molecule has 24 heavy (non-hydrogen) atoms. The largest absolute Gasteiger partial charge is 0.392 e. The van der Waals surface area contributed by atoms with E-state index in [1.165, 1.54) is 6.07 Å². The molecule has 3 rings (SSSR count). The van der Waals surface area contributed by atoms with Crippen LogP contribution in [0.3, 0.4) is 0 Å². The van der Waals surface area contributed by atoms with E-state index in [-0.39, 0.29) is 12.4 Å². The lowest BCUT2D eigenvalue weighted by molar-refractivity contribution is 0.281. The van der Waals surface area contributed by atoms with Gasteiger partial charge in [0.25, 0.3) is 0 Å². The summed E-state index contributed by atoms with van der Waals surface area (Å²) in [5.41, 5.74) is 3.26. The first-order valence-electron chi connectivity index (χ1n) is 7.99. The van der Waals surface area contributed by atoms with E-state index in [0.717, 1.165) is 11.1 Å². The van der Waals surface area contributed by atoms with Gasteiger partial charge in [-0.25, -0.2) is 4.39 Å². The molecule has 0 unspecified atom stereocenters. The second kappa shape index (κ2) is 7.75. The van der Waals surface area contributed by atoms with Crippen molar-refractivity contribution in [3.05, 3.63) is 101 Å². The third-order valence-electron chi connectivity index (χ3n) is 3.99. The molecule has 0 saturated heterocycles. The molecule has 3 aromatic rings. The smallest absolute Gasteiger partial charge is 0.146 e. The van der Waals surface area contributed by atoms with E-state index in [0.29, 0.717) is 24.3 Å². The summed E-state index contributed by atoms with van der Waals surface area (Å²) in [6, 6.07) is 24.8. The lowest BCUT2D eigenvalue weighted by atomic mass is 10.1. The van der Waals surface area contributed by atoms with Gasteiger partial charge in [0.05, 0.1) is 12.3 Å². The van der Waals surface area contributed by atoms with Crippen molar-refractivity contribution in [3.63, 3.8) is 0 Å². The predicted molar refractivity (Wildman–Crippen MR) is 95.1 cm³/mol. The van der Waals surface area contributed by atoms with Gasteiger partial charge in [-0.05, 0) is 17.2 Å². The van der Waals surface area contributed by atoms with Crippen LogP contribution in [0.1, 0.15) is 16.7 Å². The van der Waals surface area contributed by atoms with E-state index < -0.39 is 0 Å². The van der Waals surface area contributed by atoms with E-state index in [1.54, 1.807) is 12.1 Å². The standard InChI is InChI=1S/C21H20FNO/c22-20-13-7-12-19(16-24)21(20)23(14-17-8-3-1-4-9-17)15-18-10-5-2-6-11-18/h1-13,24H,14-16H2. The van der Waals surface area contributed by atoms with E-state index >= 15 is 0 Å². The lowest BCUT2D eigenvalue weighted by Crippen LogP contribution is -2.24. The number of hydrogen-bond donors (Lipinski definition) is 1. The number of benzene rings is 3. The Labute approximate surface area is 141 Å². The van der Waals surface area contributed by atoms with Crippen LogP contribution in [-0.2, 0) is 19.7 Å². The minimum atomic E-state index is -0.312. The van der Waals surface area contributed by atoms with Crippen LogP contribution in [0.4, 0.5) is 10.1 Å². The molecular weight excluding hydrogens is 301 g/mol. The fourth-order valence-electron chi connectivity index (χ4n) is 2.86. The minimum Gasteiger partial charge on any atom is -0.392 e. The van der Waals surface area contributed by atoms with Crippen molar-refractivity contribution in [1.29, 1.82) is 0 Å². The SMILES string of the molecule is OCc1cccc(F)c1N(Cc1ccccc1)Cc1ccccc1. The number of hydrogen-bond acceptors (Lipinski definition) is 2. The Morgan fingerprint density at radius 2 is 1.25 bits per heavy atom. The first-order chi connectivity index (χ1) is 11.8. The van der Waals surface area contributed by atoms with Crippen molar-refractivity contribution in [1.82, 2.24) is 0 Å². The minimum absolute atomic E-state index is 0.187. The van der Waals surface area contributed by atoms with Gasteiger partial charge in [0.15, 0.2) is 0 Å². The third kappa shape index (κ3) is 3.81. The van der Waals surface area contributed by atoms with Gasteiger partial charge in [-0.2, -0.15) is 0 Å². The second-order valence-electron chi connectivity index (χ2n) is 5.73. The van der Waals surface area contributed by atoms with Crippen molar-refractivity contribution in [3.8, 4) is 0 Å². The average Bonchev–Trinajstić information content (AvgIpc) is 2.63. The zero-order valence-electron chi connectivity index (χ0n) is 13.4. The van der Waals surface area contributed by atoms with Crippen molar-refractivity contribution >= 4 is 5.69 Å². The number of rotatable bonds is 6. The Hall–Kier alpha value is -2.65. The summed E-state index contributed by atoms with van der Waals surface area (Å²) >= 11 is 0.